The van der Waals surface area contributed by atoms with Crippen molar-refractivity contribution >= 4 is 5.69 Å². The third-order valence-corrected chi connectivity index (χ3v) is 2.68. The maximum atomic E-state index is 5.78. The van der Waals surface area contributed by atoms with Crippen molar-refractivity contribution < 1.29 is 0 Å². The summed E-state index contributed by atoms with van der Waals surface area (Å²) < 4.78 is 1.88. The van der Waals surface area contributed by atoms with Crippen LogP contribution in [0.5, 0.6) is 0 Å². The van der Waals surface area contributed by atoms with Crippen LogP contribution in [0, 0.1) is 13.8 Å². The number of aromatic nitrogens is 2. The molecule has 1 heterocycles. The lowest BCUT2D eigenvalue weighted by molar-refractivity contribution is 0.743. The molecule has 2 rings (SSSR count). The van der Waals surface area contributed by atoms with E-state index < -0.39 is 0 Å². The van der Waals surface area contributed by atoms with E-state index in [1.54, 1.807) is 0 Å². The lowest BCUT2D eigenvalue weighted by atomic mass is 10.1. The van der Waals surface area contributed by atoms with Gasteiger partial charge in [-0.05, 0) is 37.6 Å². The molecule has 0 radical (unpaired) electrons. The van der Waals surface area contributed by atoms with E-state index in [1.165, 1.54) is 0 Å². The Morgan fingerprint density at radius 2 is 1.93 bits per heavy atom. The van der Waals surface area contributed by atoms with Gasteiger partial charge >= 0.3 is 0 Å². The van der Waals surface area contributed by atoms with E-state index in [0.29, 0.717) is 0 Å². The van der Waals surface area contributed by atoms with Gasteiger partial charge in [-0.2, -0.15) is 5.10 Å². The van der Waals surface area contributed by atoms with Crippen LogP contribution in [-0.4, -0.2) is 9.78 Å². The summed E-state index contributed by atoms with van der Waals surface area (Å²) in [6.07, 6.45) is 0. The maximum Gasteiger partial charge on any atom is 0.0925 e. The highest BCUT2D eigenvalue weighted by atomic mass is 15.3. The summed E-state index contributed by atoms with van der Waals surface area (Å²) in [5.41, 5.74) is 11.0. The lowest BCUT2D eigenvalue weighted by Gasteiger charge is -2.01. The number of nitrogen functional groups attached to an aromatic ring is 1. The third-order valence-electron chi connectivity index (χ3n) is 2.68. The topological polar surface area (TPSA) is 43.8 Å². The van der Waals surface area contributed by atoms with Crippen molar-refractivity contribution in [3.05, 3.63) is 35.5 Å². The summed E-state index contributed by atoms with van der Waals surface area (Å²) >= 11 is 0. The van der Waals surface area contributed by atoms with Crippen molar-refractivity contribution in [1.29, 1.82) is 0 Å². The van der Waals surface area contributed by atoms with E-state index in [4.69, 9.17) is 5.73 Å². The first-order chi connectivity index (χ1) is 7.08. The molecule has 2 aromatic rings. The first-order valence-electron chi connectivity index (χ1n) is 4.95. The van der Waals surface area contributed by atoms with Crippen LogP contribution in [0.3, 0.4) is 0 Å². The van der Waals surface area contributed by atoms with E-state index >= 15 is 0 Å². The number of benzene rings is 1. The first-order valence-corrected chi connectivity index (χ1v) is 4.95. The van der Waals surface area contributed by atoms with Gasteiger partial charge in [0.15, 0.2) is 0 Å². The van der Waals surface area contributed by atoms with Gasteiger partial charge in [0.05, 0.1) is 5.69 Å². The molecule has 0 saturated heterocycles. The zero-order chi connectivity index (χ0) is 11.0. The van der Waals surface area contributed by atoms with Crippen LogP contribution < -0.4 is 5.73 Å². The largest absolute Gasteiger partial charge is 0.399 e. The quantitative estimate of drug-likeness (QED) is 0.719. The van der Waals surface area contributed by atoms with Gasteiger partial charge in [-0.15, -0.1) is 0 Å². The number of hydrogen-bond acceptors (Lipinski definition) is 2. The Kier molecular flexibility index (Phi) is 2.23. The Balaban J connectivity index is 2.49. The molecule has 15 heavy (non-hydrogen) atoms. The summed E-state index contributed by atoms with van der Waals surface area (Å²) in [5, 5.41) is 4.43. The Bertz CT molecular complexity index is 478. The van der Waals surface area contributed by atoms with Gasteiger partial charge in [0, 0.05) is 24.0 Å². The molecule has 1 aromatic carbocycles. The number of nitrogens with two attached hydrogens (primary N) is 1. The fourth-order valence-corrected chi connectivity index (χ4v) is 1.54. The Morgan fingerprint density at radius 1 is 1.20 bits per heavy atom. The van der Waals surface area contributed by atoms with E-state index in [0.717, 1.165) is 28.2 Å². The van der Waals surface area contributed by atoms with Crippen molar-refractivity contribution in [2.75, 3.05) is 5.73 Å². The van der Waals surface area contributed by atoms with Gasteiger partial charge in [0.2, 0.25) is 0 Å². The van der Waals surface area contributed by atoms with Crippen LogP contribution in [0.25, 0.3) is 11.3 Å². The molecule has 0 fully saturated rings. The van der Waals surface area contributed by atoms with Crippen molar-refractivity contribution in [3.63, 3.8) is 0 Å². The predicted molar refractivity (Wildman–Crippen MR) is 62.5 cm³/mol. The SMILES string of the molecule is Cc1cc(-c2cc(C)n(C)n2)ccc1N. The molecule has 78 valence electrons. The molecule has 0 saturated carbocycles. The molecule has 0 amide bonds. The average Bonchev–Trinajstić information content (AvgIpc) is 2.52. The molecular formula is C12H15N3. The van der Waals surface area contributed by atoms with Crippen molar-refractivity contribution in [1.82, 2.24) is 9.78 Å². The van der Waals surface area contributed by atoms with Gasteiger partial charge in [-0.1, -0.05) is 6.07 Å². The van der Waals surface area contributed by atoms with E-state index in [2.05, 4.69) is 17.2 Å². The number of rotatable bonds is 1. The zero-order valence-corrected chi connectivity index (χ0v) is 9.28. The second kappa shape index (κ2) is 3.42. The van der Waals surface area contributed by atoms with E-state index in [9.17, 15) is 0 Å². The van der Waals surface area contributed by atoms with Crippen LogP contribution in [0.4, 0.5) is 5.69 Å². The highest BCUT2D eigenvalue weighted by molar-refractivity contribution is 5.64. The number of hydrogen-bond donors (Lipinski definition) is 1. The molecule has 2 N–H and O–H groups in total. The maximum absolute atomic E-state index is 5.78. The number of nitrogens with zero attached hydrogens (tertiary/aromatic N) is 2. The van der Waals surface area contributed by atoms with Crippen molar-refractivity contribution in [2.45, 2.75) is 13.8 Å². The molecule has 0 aliphatic carbocycles. The van der Waals surface area contributed by atoms with Crippen LogP contribution in [0.2, 0.25) is 0 Å². The number of anilines is 1. The van der Waals surface area contributed by atoms with Crippen LogP contribution in [-0.2, 0) is 7.05 Å². The molecule has 3 nitrogen and oxygen atoms in total. The summed E-state index contributed by atoms with van der Waals surface area (Å²) in [6, 6.07) is 8.07. The smallest absolute Gasteiger partial charge is 0.0925 e. The van der Waals surface area contributed by atoms with Crippen molar-refractivity contribution in [2.24, 2.45) is 7.05 Å². The minimum absolute atomic E-state index is 0.825. The Morgan fingerprint density at radius 3 is 2.47 bits per heavy atom. The molecule has 0 unspecified atom stereocenters. The average molecular weight is 201 g/mol. The molecule has 1 aromatic heterocycles. The second-order valence-corrected chi connectivity index (χ2v) is 3.87. The monoisotopic (exact) mass is 201 g/mol. The van der Waals surface area contributed by atoms with Gasteiger partial charge in [-0.3, -0.25) is 4.68 Å². The molecule has 0 atom stereocenters. The highest BCUT2D eigenvalue weighted by Crippen LogP contribution is 2.22. The van der Waals surface area contributed by atoms with Gasteiger partial charge in [-0.25, -0.2) is 0 Å². The molecule has 0 bridgehead atoms. The lowest BCUT2D eigenvalue weighted by Crippen LogP contribution is -1.93. The fraction of sp³-hybridized carbons (Fsp3) is 0.250. The minimum atomic E-state index is 0.825. The molecular weight excluding hydrogens is 186 g/mol. The van der Waals surface area contributed by atoms with Gasteiger partial charge < -0.3 is 5.73 Å². The van der Waals surface area contributed by atoms with E-state index in [1.807, 2.05) is 37.7 Å². The standard InChI is InChI=1S/C12H15N3/c1-8-6-10(4-5-11(8)13)12-7-9(2)15(3)14-12/h4-7H,13H2,1-3H3. The Labute approximate surface area is 89.5 Å². The van der Waals surface area contributed by atoms with Crippen LogP contribution in [0.1, 0.15) is 11.3 Å². The summed E-state index contributed by atoms with van der Waals surface area (Å²) in [5.74, 6) is 0. The number of aryl methyl sites for hydroxylation is 3. The molecule has 0 spiro atoms. The highest BCUT2D eigenvalue weighted by Gasteiger charge is 2.05. The predicted octanol–water partition coefficient (Wildman–Crippen LogP) is 2.29. The van der Waals surface area contributed by atoms with E-state index in [-0.39, 0.29) is 0 Å². The normalized spacial score (nSPS) is 10.6. The molecule has 0 aliphatic rings. The molecule has 0 aliphatic heterocycles. The van der Waals surface area contributed by atoms with Gasteiger partial charge in [0.1, 0.15) is 0 Å². The molecule has 3 heteroatoms. The second-order valence-electron chi connectivity index (χ2n) is 3.87. The summed E-state index contributed by atoms with van der Waals surface area (Å²) in [4.78, 5) is 0. The minimum Gasteiger partial charge on any atom is -0.399 e. The first kappa shape index (κ1) is 9.77. The third kappa shape index (κ3) is 1.73. The fourth-order valence-electron chi connectivity index (χ4n) is 1.54. The van der Waals surface area contributed by atoms with Gasteiger partial charge in [0.25, 0.3) is 0 Å². The van der Waals surface area contributed by atoms with Crippen LogP contribution in [0.15, 0.2) is 24.3 Å². The van der Waals surface area contributed by atoms with Crippen LogP contribution >= 0.6 is 0 Å². The summed E-state index contributed by atoms with van der Waals surface area (Å²) in [7, 11) is 1.95. The van der Waals surface area contributed by atoms with Crippen molar-refractivity contribution in [3.8, 4) is 11.3 Å². The Hall–Kier alpha value is -1.77. The summed E-state index contributed by atoms with van der Waals surface area (Å²) in [6.45, 7) is 4.05. The zero-order valence-electron chi connectivity index (χ0n) is 9.28.